The van der Waals surface area contributed by atoms with Gasteiger partial charge >= 0.3 is 0 Å². The van der Waals surface area contributed by atoms with Crippen molar-refractivity contribution >= 4 is 27.5 Å². The maximum Gasteiger partial charge on any atom is 0.255 e. The lowest BCUT2D eigenvalue weighted by Gasteiger charge is -2.18. The Kier molecular flexibility index (Phi) is 5.46. The van der Waals surface area contributed by atoms with Crippen LogP contribution in [-0.4, -0.2) is 50.2 Å². The minimum absolute atomic E-state index is 0.149. The summed E-state index contributed by atoms with van der Waals surface area (Å²) in [7, 11) is -1.67. The summed E-state index contributed by atoms with van der Waals surface area (Å²) in [5.74, 6) is -0.265. The van der Waals surface area contributed by atoms with Gasteiger partial charge < -0.3 is 9.47 Å². The van der Waals surface area contributed by atoms with E-state index in [0.717, 1.165) is 11.9 Å². The van der Waals surface area contributed by atoms with Crippen LogP contribution in [0.5, 0.6) is 0 Å². The molecule has 2 rings (SSSR count). The van der Waals surface area contributed by atoms with Crippen molar-refractivity contribution in [2.24, 2.45) is 0 Å². The summed E-state index contributed by atoms with van der Waals surface area (Å²) in [4.78, 5) is 13.9. The number of hydrogen-bond acceptors (Lipinski definition) is 3. The Morgan fingerprint density at radius 2 is 1.96 bits per heavy atom. The molecule has 1 heterocycles. The SMILES string of the molecule is CN(CCNS(C)(=O)=O)C(=O)c1cc(-n2cccc2)ccc1Cl. The van der Waals surface area contributed by atoms with E-state index in [-0.39, 0.29) is 19.0 Å². The van der Waals surface area contributed by atoms with E-state index in [4.69, 9.17) is 11.6 Å². The summed E-state index contributed by atoms with van der Waals surface area (Å²) >= 11 is 6.13. The Balaban J connectivity index is 2.13. The van der Waals surface area contributed by atoms with Crippen LogP contribution in [0.25, 0.3) is 5.69 Å². The Morgan fingerprint density at radius 3 is 2.57 bits per heavy atom. The maximum atomic E-state index is 12.5. The van der Waals surface area contributed by atoms with Gasteiger partial charge in [0.1, 0.15) is 0 Å². The molecule has 23 heavy (non-hydrogen) atoms. The van der Waals surface area contributed by atoms with Gasteiger partial charge in [0.2, 0.25) is 10.0 Å². The van der Waals surface area contributed by atoms with Gasteiger partial charge in [-0.3, -0.25) is 4.79 Å². The minimum atomic E-state index is -3.27. The molecular formula is C15H18ClN3O3S. The van der Waals surface area contributed by atoms with Gasteiger partial charge in [0.15, 0.2) is 0 Å². The number of amides is 1. The van der Waals surface area contributed by atoms with Crippen molar-refractivity contribution in [1.29, 1.82) is 0 Å². The van der Waals surface area contributed by atoms with Crippen LogP contribution >= 0.6 is 11.6 Å². The Labute approximate surface area is 140 Å². The molecule has 0 bridgehead atoms. The first-order chi connectivity index (χ1) is 10.8. The van der Waals surface area contributed by atoms with Crippen molar-refractivity contribution in [3.63, 3.8) is 0 Å². The van der Waals surface area contributed by atoms with Gasteiger partial charge in [-0.1, -0.05) is 11.6 Å². The van der Waals surface area contributed by atoms with Crippen molar-refractivity contribution in [1.82, 2.24) is 14.2 Å². The summed E-state index contributed by atoms with van der Waals surface area (Å²) in [6, 6.07) is 8.99. The van der Waals surface area contributed by atoms with Crippen LogP contribution in [0.3, 0.4) is 0 Å². The van der Waals surface area contributed by atoms with Crippen LogP contribution in [0.4, 0.5) is 0 Å². The third-order valence-corrected chi connectivity index (χ3v) is 4.30. The van der Waals surface area contributed by atoms with E-state index in [0.29, 0.717) is 10.6 Å². The van der Waals surface area contributed by atoms with E-state index in [1.807, 2.05) is 35.2 Å². The molecule has 6 nitrogen and oxygen atoms in total. The predicted molar refractivity (Wildman–Crippen MR) is 90.6 cm³/mol. The van der Waals surface area contributed by atoms with Crippen molar-refractivity contribution in [2.75, 3.05) is 26.4 Å². The molecule has 0 unspecified atom stereocenters. The van der Waals surface area contributed by atoms with Crippen LogP contribution in [0.15, 0.2) is 42.7 Å². The van der Waals surface area contributed by atoms with Crippen LogP contribution in [0, 0.1) is 0 Å². The molecule has 0 atom stereocenters. The first-order valence-corrected chi connectivity index (χ1v) is 9.18. The highest BCUT2D eigenvalue weighted by Crippen LogP contribution is 2.21. The Morgan fingerprint density at radius 1 is 1.30 bits per heavy atom. The van der Waals surface area contributed by atoms with E-state index in [1.54, 1.807) is 19.2 Å². The van der Waals surface area contributed by atoms with Crippen molar-refractivity contribution in [3.8, 4) is 5.69 Å². The topological polar surface area (TPSA) is 71.4 Å². The summed E-state index contributed by atoms with van der Waals surface area (Å²) < 4.78 is 26.3. The predicted octanol–water partition coefficient (Wildman–Crippen LogP) is 1.75. The molecule has 0 aliphatic heterocycles. The van der Waals surface area contributed by atoms with Gasteiger partial charge in [-0.2, -0.15) is 0 Å². The van der Waals surface area contributed by atoms with E-state index in [1.165, 1.54) is 4.90 Å². The van der Waals surface area contributed by atoms with Gasteiger partial charge in [-0.05, 0) is 30.3 Å². The number of likely N-dealkylation sites (N-methyl/N-ethyl adjacent to an activating group) is 1. The third kappa shape index (κ3) is 4.82. The smallest absolute Gasteiger partial charge is 0.255 e. The summed E-state index contributed by atoms with van der Waals surface area (Å²) in [6.07, 6.45) is 4.82. The van der Waals surface area contributed by atoms with E-state index in [9.17, 15) is 13.2 Å². The van der Waals surface area contributed by atoms with Crippen molar-refractivity contribution in [2.45, 2.75) is 0 Å². The zero-order valence-corrected chi connectivity index (χ0v) is 14.4. The zero-order valence-electron chi connectivity index (χ0n) is 12.9. The van der Waals surface area contributed by atoms with Crippen molar-refractivity contribution < 1.29 is 13.2 Å². The lowest BCUT2D eigenvalue weighted by molar-refractivity contribution is 0.0798. The number of carbonyl (C=O) groups is 1. The number of nitrogens with one attached hydrogen (secondary N) is 1. The zero-order chi connectivity index (χ0) is 17.0. The average Bonchev–Trinajstić information content (AvgIpc) is 2.99. The molecule has 0 aliphatic carbocycles. The van der Waals surface area contributed by atoms with E-state index < -0.39 is 10.0 Å². The fourth-order valence-corrected chi connectivity index (χ4v) is 2.71. The third-order valence-electron chi connectivity index (χ3n) is 3.24. The highest BCUT2D eigenvalue weighted by molar-refractivity contribution is 7.88. The number of halogens is 1. The van der Waals surface area contributed by atoms with Gasteiger partial charge in [0.05, 0.1) is 16.8 Å². The molecule has 1 aromatic heterocycles. The van der Waals surface area contributed by atoms with Crippen LogP contribution < -0.4 is 4.72 Å². The molecule has 0 spiro atoms. The Bertz CT molecular complexity index is 788. The highest BCUT2D eigenvalue weighted by atomic mass is 35.5. The molecule has 0 saturated carbocycles. The number of nitrogens with zero attached hydrogens (tertiary/aromatic N) is 2. The molecule has 1 amide bonds. The molecular weight excluding hydrogens is 338 g/mol. The first-order valence-electron chi connectivity index (χ1n) is 6.91. The van der Waals surface area contributed by atoms with Gasteiger partial charge in [-0.15, -0.1) is 0 Å². The highest BCUT2D eigenvalue weighted by Gasteiger charge is 2.16. The van der Waals surface area contributed by atoms with Crippen LogP contribution in [0.1, 0.15) is 10.4 Å². The van der Waals surface area contributed by atoms with Gasteiger partial charge in [0.25, 0.3) is 5.91 Å². The number of sulfonamides is 1. The minimum Gasteiger partial charge on any atom is -0.340 e. The molecule has 0 aliphatic rings. The maximum absolute atomic E-state index is 12.5. The summed E-state index contributed by atoms with van der Waals surface area (Å²) in [5, 5.41) is 0.355. The Hall–Kier alpha value is -1.83. The summed E-state index contributed by atoms with van der Waals surface area (Å²) in [5.41, 5.74) is 1.20. The number of rotatable bonds is 6. The van der Waals surface area contributed by atoms with Gasteiger partial charge in [0, 0.05) is 38.2 Å². The fraction of sp³-hybridized carbons (Fsp3) is 0.267. The molecule has 2 aromatic rings. The number of benzene rings is 1. The second-order valence-electron chi connectivity index (χ2n) is 5.15. The van der Waals surface area contributed by atoms with Crippen LogP contribution in [0.2, 0.25) is 5.02 Å². The second-order valence-corrected chi connectivity index (χ2v) is 7.39. The molecule has 0 fully saturated rings. The van der Waals surface area contributed by atoms with E-state index in [2.05, 4.69) is 4.72 Å². The van der Waals surface area contributed by atoms with E-state index >= 15 is 0 Å². The van der Waals surface area contributed by atoms with Gasteiger partial charge in [-0.25, -0.2) is 13.1 Å². The standard InChI is InChI=1S/C15H18ClN3O3S/c1-18(10-7-17-23(2,21)22)15(20)13-11-12(5-6-14(13)16)19-8-3-4-9-19/h3-6,8-9,11,17H,7,10H2,1-2H3. The molecule has 8 heteroatoms. The fourth-order valence-electron chi connectivity index (χ4n) is 2.05. The number of aromatic nitrogens is 1. The molecule has 124 valence electrons. The molecule has 1 N–H and O–H groups in total. The largest absolute Gasteiger partial charge is 0.340 e. The molecule has 0 saturated heterocycles. The van der Waals surface area contributed by atoms with Crippen LogP contribution in [-0.2, 0) is 10.0 Å². The molecule has 1 aromatic carbocycles. The normalized spacial score (nSPS) is 11.4. The lowest BCUT2D eigenvalue weighted by Crippen LogP contribution is -2.35. The second kappa shape index (κ2) is 7.16. The number of hydrogen-bond donors (Lipinski definition) is 1. The summed E-state index contributed by atoms with van der Waals surface area (Å²) in [6.45, 7) is 0.395. The first kappa shape index (κ1) is 17.5. The lowest BCUT2D eigenvalue weighted by atomic mass is 10.1. The van der Waals surface area contributed by atoms with Crippen molar-refractivity contribution in [3.05, 3.63) is 53.3 Å². The number of carbonyl (C=O) groups excluding carboxylic acids is 1. The molecule has 0 radical (unpaired) electrons. The average molecular weight is 356 g/mol. The quantitative estimate of drug-likeness (QED) is 0.858. The monoisotopic (exact) mass is 355 g/mol.